The van der Waals surface area contributed by atoms with E-state index in [1.165, 1.54) is 12.1 Å². The summed E-state index contributed by atoms with van der Waals surface area (Å²) in [5.41, 5.74) is 2.56. The molecule has 2 nitrogen and oxygen atoms in total. The Balaban J connectivity index is 2.70. The lowest BCUT2D eigenvalue weighted by Crippen LogP contribution is -2.16. The van der Waals surface area contributed by atoms with E-state index in [0.29, 0.717) is 10.5 Å². The smallest absolute Gasteiger partial charge is 0.144 e. The van der Waals surface area contributed by atoms with Crippen molar-refractivity contribution in [2.45, 2.75) is 33.1 Å². The van der Waals surface area contributed by atoms with Crippen LogP contribution in [0.15, 0.2) is 22.7 Å². The Bertz CT molecular complexity index is 717. The second kappa shape index (κ2) is 5.37. The van der Waals surface area contributed by atoms with Crippen molar-refractivity contribution in [3.63, 3.8) is 0 Å². The summed E-state index contributed by atoms with van der Waals surface area (Å²) in [5.74, 6) is 0.415. The fraction of sp³-hybridized carbons (Fsp3) is 0.333. The maximum Gasteiger partial charge on any atom is 0.144 e. The number of hydrogen-bond donors (Lipinski definition) is 1. The van der Waals surface area contributed by atoms with Gasteiger partial charge < -0.3 is 4.98 Å². The first-order chi connectivity index (χ1) is 9.20. The van der Waals surface area contributed by atoms with Crippen molar-refractivity contribution in [1.29, 1.82) is 0 Å². The van der Waals surface area contributed by atoms with Gasteiger partial charge >= 0.3 is 0 Å². The topological polar surface area (TPSA) is 28.7 Å². The predicted octanol–water partition coefficient (Wildman–Crippen LogP) is 5.31. The SMILES string of the molecule is Cc1cc(F)ccc1-c1nc(=S)c(Br)c(C(C)(C)C)[nH]1. The highest BCUT2D eigenvalue weighted by Crippen LogP contribution is 2.31. The number of aromatic amines is 1. The second-order valence-corrected chi connectivity index (χ2v) is 6.97. The van der Waals surface area contributed by atoms with Crippen LogP contribution < -0.4 is 0 Å². The van der Waals surface area contributed by atoms with Gasteiger partial charge in [-0.1, -0.05) is 33.0 Å². The van der Waals surface area contributed by atoms with Crippen LogP contribution in [0.1, 0.15) is 32.0 Å². The summed E-state index contributed by atoms with van der Waals surface area (Å²) < 4.78 is 14.5. The molecule has 1 N–H and O–H groups in total. The zero-order chi connectivity index (χ0) is 15.1. The molecule has 2 aromatic rings. The van der Waals surface area contributed by atoms with E-state index in [4.69, 9.17) is 12.2 Å². The highest BCUT2D eigenvalue weighted by Gasteiger charge is 2.20. The number of hydrogen-bond acceptors (Lipinski definition) is 2. The Hall–Kier alpha value is -1.07. The third kappa shape index (κ3) is 2.99. The van der Waals surface area contributed by atoms with Gasteiger partial charge in [0.15, 0.2) is 0 Å². The van der Waals surface area contributed by atoms with Gasteiger partial charge in [0.05, 0.1) is 4.47 Å². The van der Waals surface area contributed by atoms with Crippen molar-refractivity contribution in [1.82, 2.24) is 9.97 Å². The summed E-state index contributed by atoms with van der Waals surface area (Å²) in [5, 5.41) is 0. The fourth-order valence-electron chi connectivity index (χ4n) is 2.00. The zero-order valence-corrected chi connectivity index (χ0v) is 14.2. The van der Waals surface area contributed by atoms with Gasteiger partial charge in [-0.15, -0.1) is 0 Å². The third-order valence-corrected chi connectivity index (χ3v) is 4.39. The molecule has 0 amide bonds. The van der Waals surface area contributed by atoms with Gasteiger partial charge in [0.2, 0.25) is 0 Å². The van der Waals surface area contributed by atoms with E-state index < -0.39 is 0 Å². The van der Waals surface area contributed by atoms with Crippen LogP contribution in [0.4, 0.5) is 4.39 Å². The first-order valence-corrected chi connectivity index (χ1v) is 7.47. The van der Waals surface area contributed by atoms with Crippen molar-refractivity contribution < 1.29 is 4.39 Å². The molecule has 1 aromatic heterocycles. The Morgan fingerprint density at radius 2 is 1.95 bits per heavy atom. The predicted molar refractivity (Wildman–Crippen MR) is 86.0 cm³/mol. The number of aryl methyl sites for hydroxylation is 1. The van der Waals surface area contributed by atoms with Crippen LogP contribution in [-0.4, -0.2) is 9.97 Å². The maximum absolute atomic E-state index is 13.2. The van der Waals surface area contributed by atoms with E-state index >= 15 is 0 Å². The summed E-state index contributed by atoms with van der Waals surface area (Å²) >= 11 is 8.81. The Morgan fingerprint density at radius 1 is 1.30 bits per heavy atom. The van der Waals surface area contributed by atoms with Gasteiger partial charge in [0.1, 0.15) is 16.3 Å². The lowest BCUT2D eigenvalue weighted by atomic mass is 9.92. The van der Waals surface area contributed by atoms with E-state index in [-0.39, 0.29) is 11.2 Å². The van der Waals surface area contributed by atoms with E-state index in [1.807, 2.05) is 6.92 Å². The molecule has 20 heavy (non-hydrogen) atoms. The van der Waals surface area contributed by atoms with Crippen LogP contribution >= 0.6 is 28.1 Å². The summed E-state index contributed by atoms with van der Waals surface area (Å²) in [6.45, 7) is 8.15. The van der Waals surface area contributed by atoms with Crippen LogP contribution in [0.3, 0.4) is 0 Å². The molecule has 0 bridgehead atoms. The summed E-state index contributed by atoms with van der Waals surface area (Å²) in [6, 6.07) is 4.64. The van der Waals surface area contributed by atoms with Crippen LogP contribution in [0.2, 0.25) is 0 Å². The van der Waals surface area contributed by atoms with Crippen molar-refractivity contribution in [2.75, 3.05) is 0 Å². The van der Waals surface area contributed by atoms with Crippen LogP contribution in [0, 0.1) is 17.4 Å². The molecule has 0 fully saturated rings. The van der Waals surface area contributed by atoms with Crippen molar-refractivity contribution in [2.24, 2.45) is 0 Å². The molecule has 0 radical (unpaired) electrons. The molecule has 0 unspecified atom stereocenters. The quantitative estimate of drug-likeness (QED) is 0.702. The first kappa shape index (κ1) is 15.3. The molecule has 1 aromatic carbocycles. The Morgan fingerprint density at radius 3 is 2.50 bits per heavy atom. The van der Waals surface area contributed by atoms with Crippen molar-refractivity contribution in [3.8, 4) is 11.4 Å². The molecule has 5 heteroatoms. The molecule has 0 saturated heterocycles. The minimum Gasteiger partial charge on any atom is -0.342 e. The summed E-state index contributed by atoms with van der Waals surface area (Å²) in [7, 11) is 0. The highest BCUT2D eigenvalue weighted by molar-refractivity contribution is 9.10. The molecular formula is C15H16BrFN2S. The summed E-state index contributed by atoms with van der Waals surface area (Å²) in [6.07, 6.45) is 0. The van der Waals surface area contributed by atoms with Gasteiger partial charge in [-0.25, -0.2) is 9.37 Å². The zero-order valence-electron chi connectivity index (χ0n) is 11.8. The van der Waals surface area contributed by atoms with Gasteiger partial charge in [-0.2, -0.15) is 0 Å². The first-order valence-electron chi connectivity index (χ1n) is 6.27. The maximum atomic E-state index is 13.2. The standard InChI is InChI=1S/C15H16BrFN2S/c1-8-7-9(17)5-6-10(8)13-18-12(15(2,3)4)11(16)14(20)19-13/h5-7H,1-4H3,(H,18,19,20). The van der Waals surface area contributed by atoms with Crippen LogP contribution in [0.5, 0.6) is 0 Å². The van der Waals surface area contributed by atoms with Crippen molar-refractivity contribution >= 4 is 28.1 Å². The average Bonchev–Trinajstić information content (AvgIpc) is 2.31. The molecule has 0 spiro atoms. The van der Waals surface area contributed by atoms with Crippen molar-refractivity contribution in [3.05, 3.63) is 44.4 Å². The molecule has 2 rings (SSSR count). The minimum absolute atomic E-state index is 0.0992. The number of rotatable bonds is 1. The molecule has 0 aliphatic carbocycles. The monoisotopic (exact) mass is 354 g/mol. The normalized spacial score (nSPS) is 11.7. The number of nitrogens with one attached hydrogen (secondary N) is 1. The van der Waals surface area contributed by atoms with Gasteiger partial charge in [-0.05, 0) is 46.6 Å². The summed E-state index contributed by atoms with van der Waals surface area (Å²) in [4.78, 5) is 7.72. The van der Waals surface area contributed by atoms with Crippen LogP contribution in [-0.2, 0) is 5.41 Å². The molecule has 0 aliphatic heterocycles. The van der Waals surface area contributed by atoms with Crippen LogP contribution in [0.25, 0.3) is 11.4 Å². The molecular weight excluding hydrogens is 339 g/mol. The number of nitrogens with zero attached hydrogens (tertiary/aromatic N) is 1. The number of H-pyrrole nitrogens is 1. The van der Waals surface area contributed by atoms with Gasteiger partial charge in [0.25, 0.3) is 0 Å². The lowest BCUT2D eigenvalue weighted by molar-refractivity contribution is 0.563. The molecule has 0 aliphatic rings. The Kier molecular flexibility index (Phi) is 4.12. The molecule has 106 valence electrons. The average molecular weight is 355 g/mol. The molecule has 1 heterocycles. The highest BCUT2D eigenvalue weighted by atomic mass is 79.9. The third-order valence-electron chi connectivity index (χ3n) is 3.06. The minimum atomic E-state index is -0.252. The van der Waals surface area contributed by atoms with E-state index in [9.17, 15) is 4.39 Å². The second-order valence-electron chi connectivity index (χ2n) is 5.79. The fourth-order valence-corrected chi connectivity index (χ4v) is 2.97. The Labute approximate surface area is 131 Å². The number of aromatic nitrogens is 2. The largest absolute Gasteiger partial charge is 0.342 e. The van der Waals surface area contributed by atoms with E-state index in [2.05, 4.69) is 46.7 Å². The van der Waals surface area contributed by atoms with E-state index in [1.54, 1.807) is 6.07 Å². The molecule has 0 atom stereocenters. The van der Waals surface area contributed by atoms with Gasteiger partial charge in [-0.3, -0.25) is 0 Å². The number of benzene rings is 1. The van der Waals surface area contributed by atoms with E-state index in [0.717, 1.165) is 21.3 Å². The number of halogens is 2. The lowest BCUT2D eigenvalue weighted by Gasteiger charge is -2.21. The molecule has 0 saturated carbocycles. The van der Waals surface area contributed by atoms with Gasteiger partial charge in [0, 0.05) is 16.7 Å².